The molecular formula is C3H6N2O4S. The maximum absolute atomic E-state index is 9.04. The summed E-state index contributed by atoms with van der Waals surface area (Å²) < 4.78 is 18.1. The van der Waals surface area contributed by atoms with Gasteiger partial charge < -0.3 is 0 Å². The molecule has 0 amide bonds. The highest BCUT2D eigenvalue weighted by molar-refractivity contribution is 7.71. The zero-order valence-corrected chi connectivity index (χ0v) is 5.97. The van der Waals surface area contributed by atoms with Crippen molar-refractivity contribution in [3.05, 3.63) is 0 Å². The van der Waals surface area contributed by atoms with Crippen molar-refractivity contribution in [2.75, 3.05) is 6.26 Å². The van der Waals surface area contributed by atoms with E-state index in [4.69, 9.17) is 28.8 Å². The molecule has 0 heterocycles. The Hall–Kier alpha value is -1.29. The molecule has 0 saturated heterocycles. The molecule has 0 rings (SSSR count). The van der Waals surface area contributed by atoms with E-state index in [1.165, 1.54) is 0 Å². The van der Waals surface area contributed by atoms with E-state index in [9.17, 15) is 0 Å². The number of nitrogens with one attached hydrogen (secondary N) is 2. The summed E-state index contributed by atoms with van der Waals surface area (Å²) in [6.07, 6.45) is 2.62. The van der Waals surface area contributed by atoms with Gasteiger partial charge in [-0.25, -0.2) is 28.8 Å². The molecule has 0 spiro atoms. The Balaban J connectivity index is -0.0000000750. The van der Waals surface area contributed by atoms with Gasteiger partial charge in [0.15, 0.2) is 0 Å². The number of thiol groups is 1. The summed E-state index contributed by atoms with van der Waals surface area (Å²) in [6, 6.07) is 0. The summed E-state index contributed by atoms with van der Waals surface area (Å²) in [5.41, 5.74) is 0. The third-order valence-corrected chi connectivity index (χ3v) is 0. The molecule has 0 aliphatic heterocycles. The van der Waals surface area contributed by atoms with Crippen LogP contribution in [0.4, 0.5) is 0 Å². The summed E-state index contributed by atoms with van der Waals surface area (Å²) in [4.78, 5) is 16.7. The van der Waals surface area contributed by atoms with Crippen LogP contribution in [0.1, 0.15) is 0 Å². The highest BCUT2D eigenvalue weighted by atomic mass is 32.2. The van der Waals surface area contributed by atoms with Crippen LogP contribution >= 0.6 is 0 Å². The maximum atomic E-state index is 9.04. The van der Waals surface area contributed by atoms with Gasteiger partial charge >= 0.3 is 0 Å². The van der Waals surface area contributed by atoms with Gasteiger partial charge in [-0.2, -0.15) is 0 Å². The average molecular weight is 166 g/mol. The number of rotatable bonds is 0. The molecule has 0 radical (unpaired) electrons. The maximum Gasteiger partial charge on any atom is 0.231 e. The Kier molecular flexibility index (Phi) is 40.1. The van der Waals surface area contributed by atoms with Crippen molar-refractivity contribution in [3.8, 4) is 0 Å². The first-order valence-corrected chi connectivity index (χ1v) is 3.35. The molecule has 0 aromatic carbocycles. The second-order valence-corrected chi connectivity index (χ2v) is 1.52. The topological polar surface area (TPSA) is 116 Å². The van der Waals surface area contributed by atoms with Crippen molar-refractivity contribution in [2.24, 2.45) is 0 Å². The lowest BCUT2D eigenvalue weighted by molar-refractivity contribution is 0.562. The quantitative estimate of drug-likeness (QED) is 0.244. The molecule has 0 bridgehead atoms. The van der Waals surface area contributed by atoms with E-state index in [0.29, 0.717) is 0 Å². The van der Waals surface area contributed by atoms with Crippen molar-refractivity contribution >= 4 is 22.9 Å². The predicted octanol–water partition coefficient (Wildman–Crippen LogP) is -0.970. The van der Waals surface area contributed by atoms with Crippen molar-refractivity contribution in [1.82, 2.24) is 0 Å². The van der Waals surface area contributed by atoms with Crippen molar-refractivity contribution in [1.29, 1.82) is 10.8 Å². The van der Waals surface area contributed by atoms with E-state index in [1.54, 1.807) is 0 Å². The third-order valence-electron chi connectivity index (χ3n) is 0. The summed E-state index contributed by atoms with van der Waals surface area (Å²) >= 11 is 0. The van der Waals surface area contributed by atoms with Gasteiger partial charge in [-0.05, 0) is 0 Å². The minimum Gasteiger partial charge on any atom is -0.232 e. The van der Waals surface area contributed by atoms with Gasteiger partial charge in [0.1, 0.15) is 10.7 Å². The van der Waals surface area contributed by atoms with E-state index in [0.717, 1.165) is 18.4 Å². The van der Waals surface area contributed by atoms with Gasteiger partial charge in [0.2, 0.25) is 12.2 Å². The summed E-state index contributed by atoms with van der Waals surface area (Å²) in [6.45, 7) is 0. The fraction of sp³-hybridized carbons (Fsp3) is 0.333. The van der Waals surface area contributed by atoms with Gasteiger partial charge in [-0.1, -0.05) is 0 Å². The smallest absolute Gasteiger partial charge is 0.231 e. The van der Waals surface area contributed by atoms with Crippen LogP contribution < -0.4 is 0 Å². The molecule has 0 aliphatic carbocycles. The van der Waals surface area contributed by atoms with E-state index < -0.39 is 10.7 Å². The SMILES string of the molecule is C[SH](=O)=O.N=C=O.N=C=O. The van der Waals surface area contributed by atoms with Crippen molar-refractivity contribution < 1.29 is 18.0 Å². The van der Waals surface area contributed by atoms with Gasteiger partial charge in [-0.3, -0.25) is 0 Å². The molecule has 0 aromatic heterocycles. The summed E-state index contributed by atoms with van der Waals surface area (Å²) in [5, 5.41) is 10.8. The van der Waals surface area contributed by atoms with Crippen molar-refractivity contribution in [3.63, 3.8) is 0 Å². The monoisotopic (exact) mass is 166 g/mol. The lowest BCUT2D eigenvalue weighted by Gasteiger charge is -1.41. The second kappa shape index (κ2) is 25.2. The normalized spacial score (nSPS) is 5.00. The molecule has 7 heteroatoms. The molecule has 0 atom stereocenters. The number of carbonyl (C=O) groups excluding carboxylic acids is 2. The molecule has 6 nitrogen and oxygen atoms in total. The minimum atomic E-state index is -2.12. The van der Waals surface area contributed by atoms with Crippen LogP contribution in [0.5, 0.6) is 0 Å². The number of hydrogen-bond acceptors (Lipinski definition) is 6. The first kappa shape index (κ1) is 15.9. The van der Waals surface area contributed by atoms with Crippen molar-refractivity contribution in [2.45, 2.75) is 0 Å². The van der Waals surface area contributed by atoms with Crippen LogP contribution in [-0.2, 0) is 20.3 Å². The molecule has 0 aliphatic rings. The fourth-order valence-corrected chi connectivity index (χ4v) is 0. The highest BCUT2D eigenvalue weighted by Crippen LogP contribution is 1.29. The lowest BCUT2D eigenvalue weighted by atomic mass is 11.7. The number of hydrogen-bond donors (Lipinski definition) is 3. The largest absolute Gasteiger partial charge is 0.232 e. The van der Waals surface area contributed by atoms with Crippen LogP contribution in [0.2, 0.25) is 0 Å². The molecule has 58 valence electrons. The summed E-state index contributed by atoms with van der Waals surface area (Å²) in [5.74, 6) is 0. The molecule has 0 saturated carbocycles. The van der Waals surface area contributed by atoms with Gasteiger partial charge in [-0.15, -0.1) is 0 Å². The van der Waals surface area contributed by atoms with Crippen LogP contribution in [0.25, 0.3) is 0 Å². The molecular weight excluding hydrogens is 160 g/mol. The fourth-order valence-electron chi connectivity index (χ4n) is 0. The molecule has 0 unspecified atom stereocenters. The van der Waals surface area contributed by atoms with Gasteiger partial charge in [0.05, 0.1) is 0 Å². The van der Waals surface area contributed by atoms with Crippen LogP contribution in [0.3, 0.4) is 0 Å². The average Bonchev–Trinajstić information content (AvgIpc) is 1.65. The zero-order valence-electron chi connectivity index (χ0n) is 5.08. The third kappa shape index (κ3) is 131. The molecule has 10 heavy (non-hydrogen) atoms. The molecule has 0 aromatic rings. The molecule has 2 N–H and O–H groups in total. The Morgan fingerprint density at radius 1 is 1.10 bits per heavy atom. The van der Waals surface area contributed by atoms with Gasteiger partial charge in [0.25, 0.3) is 0 Å². The van der Waals surface area contributed by atoms with E-state index >= 15 is 0 Å². The first-order chi connectivity index (χ1) is 4.56. The van der Waals surface area contributed by atoms with Crippen LogP contribution in [0.15, 0.2) is 0 Å². The lowest BCUT2D eigenvalue weighted by Crippen LogP contribution is -1.56. The molecule has 0 fully saturated rings. The highest BCUT2D eigenvalue weighted by Gasteiger charge is 1.44. The number of isocyanates is 2. The zero-order chi connectivity index (χ0) is 8.99. The Labute approximate surface area is 58.8 Å². The standard InChI is InChI=1S/2CHNO.CH4O2S/c2*2-1-3;1-4(2)3/h2*2H;4H,1H3. The summed E-state index contributed by atoms with van der Waals surface area (Å²) in [7, 11) is -2.12. The van der Waals surface area contributed by atoms with E-state index in [2.05, 4.69) is 0 Å². The van der Waals surface area contributed by atoms with Crippen LogP contribution in [0, 0.1) is 10.8 Å². The Morgan fingerprint density at radius 3 is 1.10 bits per heavy atom. The van der Waals surface area contributed by atoms with Gasteiger partial charge in [0, 0.05) is 6.26 Å². The Bertz CT molecular complexity index is 165. The van der Waals surface area contributed by atoms with Crippen LogP contribution in [-0.4, -0.2) is 26.8 Å². The van der Waals surface area contributed by atoms with E-state index in [-0.39, 0.29) is 0 Å². The first-order valence-electron chi connectivity index (χ1n) is 1.72. The minimum absolute atomic E-state index is 0.750. The Morgan fingerprint density at radius 2 is 1.10 bits per heavy atom. The predicted molar refractivity (Wildman–Crippen MR) is 33.1 cm³/mol. The van der Waals surface area contributed by atoms with E-state index in [1.807, 2.05) is 0 Å². The second-order valence-electron chi connectivity index (χ2n) is 0.644.